The van der Waals surface area contributed by atoms with E-state index in [9.17, 15) is 14.4 Å². The molecule has 0 spiro atoms. The van der Waals surface area contributed by atoms with Crippen LogP contribution in [0.2, 0.25) is 0 Å². The molecule has 0 aromatic carbocycles. The van der Waals surface area contributed by atoms with Crippen molar-refractivity contribution in [2.45, 2.75) is 271 Å². The van der Waals surface area contributed by atoms with Crippen molar-refractivity contribution in [3.05, 3.63) is 36.5 Å². The van der Waals surface area contributed by atoms with Gasteiger partial charge < -0.3 is 14.2 Å². The molecule has 0 aromatic rings. The van der Waals surface area contributed by atoms with Crippen LogP contribution in [0.25, 0.3) is 0 Å². The van der Waals surface area contributed by atoms with Crippen LogP contribution in [0.1, 0.15) is 265 Å². The summed E-state index contributed by atoms with van der Waals surface area (Å²) in [5, 5.41) is 0. The highest BCUT2D eigenvalue weighted by atomic mass is 16.6. The van der Waals surface area contributed by atoms with Crippen molar-refractivity contribution in [1.82, 2.24) is 0 Å². The number of ether oxygens (including phenoxy) is 3. The summed E-state index contributed by atoms with van der Waals surface area (Å²) in [6.45, 7) is 6.53. The van der Waals surface area contributed by atoms with E-state index in [4.69, 9.17) is 14.2 Å². The third-order valence-corrected chi connectivity index (χ3v) is 11.1. The van der Waals surface area contributed by atoms with Gasteiger partial charge in [-0.2, -0.15) is 0 Å². The average Bonchev–Trinajstić information content (AvgIpc) is 3.23. The maximum atomic E-state index is 12.6. The second kappa shape index (κ2) is 48.3. The van der Waals surface area contributed by atoms with Crippen LogP contribution >= 0.6 is 0 Å². The number of carbonyl (C=O) groups is 3. The Kier molecular flexibility index (Phi) is 46.4. The van der Waals surface area contributed by atoms with E-state index in [1.807, 2.05) is 0 Å². The van der Waals surface area contributed by atoms with Crippen LogP contribution in [-0.4, -0.2) is 37.2 Å². The third-order valence-electron chi connectivity index (χ3n) is 11.1. The van der Waals surface area contributed by atoms with E-state index < -0.39 is 6.10 Å². The number of esters is 3. The number of hydrogen-bond acceptors (Lipinski definition) is 6. The second-order valence-electron chi connectivity index (χ2n) is 17.1. The molecular weight excluding hydrogens is 733 g/mol. The van der Waals surface area contributed by atoms with Gasteiger partial charge in [-0.1, -0.05) is 224 Å². The number of carbonyl (C=O) groups excluding carboxylic acids is 3. The Labute approximate surface area is 365 Å². The predicted octanol–water partition coefficient (Wildman–Crippen LogP) is 16.5. The zero-order valence-corrected chi connectivity index (χ0v) is 39.3. The maximum Gasteiger partial charge on any atom is 0.306 e. The highest BCUT2D eigenvalue weighted by molar-refractivity contribution is 5.71. The van der Waals surface area contributed by atoms with E-state index in [0.29, 0.717) is 19.3 Å². The quantitative estimate of drug-likeness (QED) is 0.0263. The Bertz CT molecular complexity index is 1000. The molecule has 344 valence electrons. The van der Waals surface area contributed by atoms with E-state index >= 15 is 0 Å². The molecule has 0 N–H and O–H groups in total. The Balaban J connectivity index is 3.97. The normalized spacial score (nSPS) is 12.3. The zero-order chi connectivity index (χ0) is 43.0. The van der Waals surface area contributed by atoms with E-state index in [-0.39, 0.29) is 31.1 Å². The third kappa shape index (κ3) is 46.5. The Morgan fingerprint density at radius 2 is 0.610 bits per heavy atom. The smallest absolute Gasteiger partial charge is 0.306 e. The van der Waals surface area contributed by atoms with Crippen molar-refractivity contribution in [2.75, 3.05) is 13.2 Å². The summed E-state index contributed by atoms with van der Waals surface area (Å²) in [4.78, 5) is 37.5. The largest absolute Gasteiger partial charge is 0.462 e. The average molecular weight is 829 g/mol. The lowest BCUT2D eigenvalue weighted by Gasteiger charge is -2.18. The Hall–Kier alpha value is -2.37. The van der Waals surface area contributed by atoms with Crippen LogP contribution in [0.15, 0.2) is 36.5 Å². The van der Waals surface area contributed by atoms with Gasteiger partial charge >= 0.3 is 17.9 Å². The van der Waals surface area contributed by atoms with Crippen LogP contribution in [0, 0.1) is 0 Å². The van der Waals surface area contributed by atoms with Gasteiger partial charge in [-0.3, -0.25) is 14.4 Å². The van der Waals surface area contributed by atoms with Gasteiger partial charge in [-0.25, -0.2) is 0 Å². The monoisotopic (exact) mass is 829 g/mol. The van der Waals surface area contributed by atoms with Crippen molar-refractivity contribution in [1.29, 1.82) is 0 Å². The summed E-state index contributed by atoms with van der Waals surface area (Å²) >= 11 is 0. The van der Waals surface area contributed by atoms with Crippen LogP contribution in [0.3, 0.4) is 0 Å². The summed E-state index contributed by atoms with van der Waals surface area (Å²) in [5.74, 6) is -0.883. The molecule has 0 aliphatic carbocycles. The summed E-state index contributed by atoms with van der Waals surface area (Å²) in [6, 6.07) is 0. The van der Waals surface area contributed by atoms with Gasteiger partial charge in [0.2, 0.25) is 0 Å². The Morgan fingerprint density at radius 3 is 0.949 bits per heavy atom. The van der Waals surface area contributed by atoms with Gasteiger partial charge in [0.05, 0.1) is 0 Å². The molecule has 1 unspecified atom stereocenters. The number of unbranched alkanes of at least 4 members (excludes halogenated alkanes) is 29. The summed E-state index contributed by atoms with van der Waals surface area (Å²) in [6.07, 6.45) is 56.1. The molecular formula is C53H96O6. The standard InChI is InChI=1S/C53H96O6/c1-4-7-10-13-15-17-18-19-20-21-22-23-24-25-26-27-28-29-30-31-32-33-34-36-37-40-43-46-52(55)58-49-50(48-57-51(54)45-42-39-12-9-6-3)59-53(56)47-44-41-38-35-16-14-11-8-5-2/h18-19,21-22,24-25,50H,4-17,20,23,26-49H2,1-3H3/b19-18-,22-21-,25-24-. The molecule has 0 aromatic heterocycles. The molecule has 0 saturated heterocycles. The molecule has 0 heterocycles. The molecule has 6 nitrogen and oxygen atoms in total. The lowest BCUT2D eigenvalue weighted by molar-refractivity contribution is -0.167. The molecule has 6 heteroatoms. The maximum absolute atomic E-state index is 12.6. The van der Waals surface area contributed by atoms with Crippen molar-refractivity contribution in [3.8, 4) is 0 Å². The highest BCUT2D eigenvalue weighted by Gasteiger charge is 2.19. The molecule has 0 fully saturated rings. The predicted molar refractivity (Wildman–Crippen MR) is 252 cm³/mol. The van der Waals surface area contributed by atoms with E-state index in [0.717, 1.165) is 77.0 Å². The molecule has 0 amide bonds. The minimum atomic E-state index is -0.763. The SMILES string of the molecule is CCCCCCC/C=C\C/C=C\C/C=C\CCCCCCCCCCCCCCC(=O)OCC(COC(=O)CCCCCCC)OC(=O)CCCCCCCCCCC. The summed E-state index contributed by atoms with van der Waals surface area (Å²) < 4.78 is 16.6. The van der Waals surface area contributed by atoms with Crippen molar-refractivity contribution in [3.63, 3.8) is 0 Å². The van der Waals surface area contributed by atoms with Crippen molar-refractivity contribution >= 4 is 17.9 Å². The highest BCUT2D eigenvalue weighted by Crippen LogP contribution is 2.15. The molecule has 0 aliphatic rings. The molecule has 0 aliphatic heterocycles. The fourth-order valence-electron chi connectivity index (χ4n) is 7.27. The van der Waals surface area contributed by atoms with Crippen LogP contribution in [0.5, 0.6) is 0 Å². The van der Waals surface area contributed by atoms with E-state index in [1.165, 1.54) is 148 Å². The topological polar surface area (TPSA) is 78.9 Å². The fourth-order valence-corrected chi connectivity index (χ4v) is 7.27. The van der Waals surface area contributed by atoms with Gasteiger partial charge in [-0.05, 0) is 57.8 Å². The lowest BCUT2D eigenvalue weighted by atomic mass is 10.0. The number of allylic oxidation sites excluding steroid dienone is 6. The molecule has 0 radical (unpaired) electrons. The molecule has 0 rings (SSSR count). The van der Waals surface area contributed by atoms with Crippen molar-refractivity contribution < 1.29 is 28.6 Å². The minimum Gasteiger partial charge on any atom is -0.462 e. The van der Waals surface area contributed by atoms with Gasteiger partial charge in [0.1, 0.15) is 13.2 Å². The number of hydrogen-bond donors (Lipinski definition) is 0. The fraction of sp³-hybridized carbons (Fsp3) is 0.830. The first-order valence-corrected chi connectivity index (χ1v) is 25.5. The Morgan fingerprint density at radius 1 is 0.339 bits per heavy atom. The first kappa shape index (κ1) is 56.6. The van der Waals surface area contributed by atoms with E-state index in [2.05, 4.69) is 57.2 Å². The van der Waals surface area contributed by atoms with Gasteiger partial charge in [0.25, 0.3) is 0 Å². The molecule has 0 bridgehead atoms. The van der Waals surface area contributed by atoms with E-state index in [1.54, 1.807) is 0 Å². The first-order chi connectivity index (χ1) is 29.0. The number of rotatable bonds is 46. The van der Waals surface area contributed by atoms with Crippen LogP contribution in [-0.2, 0) is 28.6 Å². The first-order valence-electron chi connectivity index (χ1n) is 25.5. The summed E-state index contributed by atoms with van der Waals surface area (Å²) in [7, 11) is 0. The van der Waals surface area contributed by atoms with Gasteiger partial charge in [-0.15, -0.1) is 0 Å². The minimum absolute atomic E-state index is 0.0706. The molecule has 1 atom stereocenters. The summed E-state index contributed by atoms with van der Waals surface area (Å²) in [5.41, 5.74) is 0. The second-order valence-corrected chi connectivity index (χ2v) is 17.1. The molecule has 59 heavy (non-hydrogen) atoms. The van der Waals surface area contributed by atoms with Crippen LogP contribution in [0.4, 0.5) is 0 Å². The van der Waals surface area contributed by atoms with Gasteiger partial charge in [0, 0.05) is 19.3 Å². The van der Waals surface area contributed by atoms with Crippen molar-refractivity contribution in [2.24, 2.45) is 0 Å². The zero-order valence-electron chi connectivity index (χ0n) is 39.3. The van der Waals surface area contributed by atoms with Gasteiger partial charge in [0.15, 0.2) is 6.10 Å². The molecule has 0 saturated carbocycles. The lowest BCUT2D eigenvalue weighted by Crippen LogP contribution is -2.30. The van der Waals surface area contributed by atoms with Crippen LogP contribution < -0.4 is 0 Å².